The van der Waals surface area contributed by atoms with E-state index in [1.165, 1.54) is 0 Å². The van der Waals surface area contributed by atoms with E-state index in [4.69, 9.17) is 4.74 Å². The van der Waals surface area contributed by atoms with Gasteiger partial charge in [0.1, 0.15) is 5.75 Å². The van der Waals surface area contributed by atoms with Gasteiger partial charge in [-0.2, -0.15) is 0 Å². The third-order valence-corrected chi connectivity index (χ3v) is 2.57. The van der Waals surface area contributed by atoms with E-state index < -0.39 is 0 Å². The van der Waals surface area contributed by atoms with E-state index in [1.54, 1.807) is 19.1 Å². The minimum atomic E-state index is 0.0674. The number of ether oxygens (including phenoxy) is 1. The van der Waals surface area contributed by atoms with Crippen molar-refractivity contribution in [2.24, 2.45) is 0 Å². The summed E-state index contributed by atoms with van der Waals surface area (Å²) in [6, 6.07) is 7.70. The molecule has 1 aromatic carbocycles. The fraction of sp³-hybridized carbons (Fsp3) is 0.364. The second-order valence-electron chi connectivity index (χ2n) is 3.23. The quantitative estimate of drug-likeness (QED) is 0.785. The second-order valence-corrected chi connectivity index (χ2v) is 3.80. The van der Waals surface area contributed by atoms with Gasteiger partial charge in [0.2, 0.25) is 5.91 Å². The van der Waals surface area contributed by atoms with Crippen molar-refractivity contribution >= 4 is 21.8 Å². The largest absolute Gasteiger partial charge is 0.497 e. The van der Waals surface area contributed by atoms with Gasteiger partial charge in [0.05, 0.1) is 12.4 Å². The molecular weight excluding hydrogens is 258 g/mol. The predicted octanol–water partition coefficient (Wildman–Crippen LogP) is 2.05. The Balaban J connectivity index is 2.67. The number of rotatable bonds is 4. The van der Waals surface area contributed by atoms with Gasteiger partial charge in [0.15, 0.2) is 0 Å². The molecule has 0 unspecified atom stereocenters. The summed E-state index contributed by atoms with van der Waals surface area (Å²) in [5.41, 5.74) is 1.06. The smallest absolute Gasteiger partial charge is 0.233 e. The summed E-state index contributed by atoms with van der Waals surface area (Å²) in [4.78, 5) is 13.0. The van der Waals surface area contributed by atoms with Gasteiger partial charge >= 0.3 is 0 Å². The van der Waals surface area contributed by atoms with Crippen LogP contribution in [0.5, 0.6) is 5.75 Å². The molecular formula is C11H14BrNO2. The number of benzene rings is 1. The lowest BCUT2D eigenvalue weighted by Gasteiger charge is -2.16. The lowest BCUT2D eigenvalue weighted by Crippen LogP contribution is -2.26. The molecule has 15 heavy (non-hydrogen) atoms. The van der Waals surface area contributed by atoms with Crippen molar-refractivity contribution < 1.29 is 9.53 Å². The molecule has 0 fully saturated rings. The molecule has 0 bridgehead atoms. The molecule has 0 N–H and O–H groups in total. The van der Waals surface area contributed by atoms with Gasteiger partial charge in [0, 0.05) is 13.6 Å². The fourth-order valence-corrected chi connectivity index (χ4v) is 1.66. The van der Waals surface area contributed by atoms with Gasteiger partial charge in [-0.1, -0.05) is 28.1 Å². The Kier molecular flexibility index (Phi) is 4.62. The average molecular weight is 272 g/mol. The minimum absolute atomic E-state index is 0.0674. The predicted molar refractivity (Wildman–Crippen MR) is 63.3 cm³/mol. The molecule has 1 rings (SSSR count). The standard InChI is InChI=1S/C11H14BrNO2/c1-13(11(14)7-12)8-9-4-3-5-10(6-9)15-2/h3-6H,7-8H2,1-2H3. The van der Waals surface area contributed by atoms with Crippen LogP contribution in [0.1, 0.15) is 5.56 Å². The first-order valence-corrected chi connectivity index (χ1v) is 5.72. The van der Waals surface area contributed by atoms with Crippen LogP contribution >= 0.6 is 15.9 Å². The maximum Gasteiger partial charge on any atom is 0.233 e. The lowest BCUT2D eigenvalue weighted by atomic mass is 10.2. The normalized spacial score (nSPS) is 9.80. The number of alkyl halides is 1. The molecule has 0 saturated heterocycles. The van der Waals surface area contributed by atoms with Gasteiger partial charge in [-0.3, -0.25) is 4.79 Å². The number of carbonyl (C=O) groups excluding carboxylic acids is 1. The first-order valence-electron chi connectivity index (χ1n) is 4.60. The van der Waals surface area contributed by atoms with E-state index >= 15 is 0 Å². The number of halogens is 1. The van der Waals surface area contributed by atoms with E-state index in [1.807, 2.05) is 24.3 Å². The molecule has 4 heteroatoms. The minimum Gasteiger partial charge on any atom is -0.497 e. The summed E-state index contributed by atoms with van der Waals surface area (Å²) >= 11 is 3.14. The lowest BCUT2D eigenvalue weighted by molar-refractivity contribution is -0.127. The molecule has 0 aliphatic rings. The molecule has 0 heterocycles. The number of amides is 1. The monoisotopic (exact) mass is 271 g/mol. The molecule has 0 radical (unpaired) electrons. The summed E-state index contributed by atoms with van der Waals surface area (Å²) in [6.45, 7) is 0.599. The SMILES string of the molecule is COc1cccc(CN(C)C(=O)CBr)c1. The van der Waals surface area contributed by atoms with Crippen LogP contribution in [0.4, 0.5) is 0 Å². The number of nitrogens with zero attached hydrogens (tertiary/aromatic N) is 1. The molecule has 0 spiro atoms. The number of carbonyl (C=O) groups is 1. The maximum absolute atomic E-state index is 11.3. The Labute approximate surface area is 98.2 Å². The molecule has 1 amide bonds. The van der Waals surface area contributed by atoms with Crippen LogP contribution in [0.2, 0.25) is 0 Å². The molecule has 0 atom stereocenters. The van der Waals surface area contributed by atoms with Gasteiger partial charge in [-0.15, -0.1) is 0 Å². The number of hydrogen-bond acceptors (Lipinski definition) is 2. The van der Waals surface area contributed by atoms with Crippen molar-refractivity contribution in [3.63, 3.8) is 0 Å². The van der Waals surface area contributed by atoms with Crippen molar-refractivity contribution in [2.45, 2.75) is 6.54 Å². The second kappa shape index (κ2) is 5.75. The molecule has 0 aliphatic carbocycles. The highest BCUT2D eigenvalue weighted by Gasteiger charge is 2.07. The Bertz CT molecular complexity index is 341. The topological polar surface area (TPSA) is 29.5 Å². The van der Waals surface area contributed by atoms with Crippen LogP contribution in [0.25, 0.3) is 0 Å². The van der Waals surface area contributed by atoms with Crippen LogP contribution in [0.3, 0.4) is 0 Å². The molecule has 0 aromatic heterocycles. The molecule has 3 nitrogen and oxygen atoms in total. The Morgan fingerprint density at radius 3 is 2.87 bits per heavy atom. The number of methoxy groups -OCH3 is 1. The highest BCUT2D eigenvalue weighted by Crippen LogP contribution is 2.13. The van der Waals surface area contributed by atoms with Crippen LogP contribution in [-0.2, 0) is 11.3 Å². The van der Waals surface area contributed by atoms with Crippen molar-refractivity contribution in [2.75, 3.05) is 19.5 Å². The molecule has 0 saturated carbocycles. The summed E-state index contributed by atoms with van der Waals surface area (Å²) in [6.07, 6.45) is 0. The summed E-state index contributed by atoms with van der Waals surface area (Å²) in [5, 5.41) is 0.355. The average Bonchev–Trinajstić information content (AvgIpc) is 2.28. The first kappa shape index (κ1) is 12.0. The van der Waals surface area contributed by atoms with Crippen molar-refractivity contribution in [1.82, 2.24) is 4.90 Å². The maximum atomic E-state index is 11.3. The van der Waals surface area contributed by atoms with E-state index in [0.29, 0.717) is 11.9 Å². The fourth-order valence-electron chi connectivity index (χ4n) is 1.23. The third-order valence-electron chi connectivity index (χ3n) is 2.09. The third kappa shape index (κ3) is 3.55. The van der Waals surface area contributed by atoms with E-state index in [2.05, 4.69) is 15.9 Å². The first-order chi connectivity index (χ1) is 7.17. The van der Waals surface area contributed by atoms with Crippen LogP contribution in [0.15, 0.2) is 24.3 Å². The van der Waals surface area contributed by atoms with Gasteiger partial charge < -0.3 is 9.64 Å². The van der Waals surface area contributed by atoms with Gasteiger partial charge in [-0.05, 0) is 17.7 Å². The Hall–Kier alpha value is -1.03. The summed E-state index contributed by atoms with van der Waals surface area (Å²) < 4.78 is 5.11. The highest BCUT2D eigenvalue weighted by atomic mass is 79.9. The van der Waals surface area contributed by atoms with Gasteiger partial charge in [-0.25, -0.2) is 0 Å². The summed E-state index contributed by atoms with van der Waals surface area (Å²) in [5.74, 6) is 0.880. The highest BCUT2D eigenvalue weighted by molar-refractivity contribution is 9.09. The summed E-state index contributed by atoms with van der Waals surface area (Å²) in [7, 11) is 3.41. The molecule has 82 valence electrons. The zero-order valence-corrected chi connectivity index (χ0v) is 10.5. The van der Waals surface area contributed by atoms with Crippen LogP contribution in [0, 0.1) is 0 Å². The van der Waals surface area contributed by atoms with Crippen molar-refractivity contribution in [3.8, 4) is 5.75 Å². The van der Waals surface area contributed by atoms with E-state index in [0.717, 1.165) is 11.3 Å². The van der Waals surface area contributed by atoms with Crippen LogP contribution < -0.4 is 4.74 Å². The van der Waals surface area contributed by atoms with E-state index in [-0.39, 0.29) is 5.91 Å². The van der Waals surface area contributed by atoms with Gasteiger partial charge in [0.25, 0.3) is 0 Å². The van der Waals surface area contributed by atoms with Crippen molar-refractivity contribution in [1.29, 1.82) is 0 Å². The van der Waals surface area contributed by atoms with E-state index in [9.17, 15) is 4.79 Å². The Morgan fingerprint density at radius 1 is 1.53 bits per heavy atom. The van der Waals surface area contributed by atoms with Crippen LogP contribution in [-0.4, -0.2) is 30.3 Å². The van der Waals surface area contributed by atoms with Crippen molar-refractivity contribution in [3.05, 3.63) is 29.8 Å². The molecule has 1 aromatic rings. The Morgan fingerprint density at radius 2 is 2.27 bits per heavy atom. The zero-order chi connectivity index (χ0) is 11.3. The molecule has 0 aliphatic heterocycles. The zero-order valence-electron chi connectivity index (χ0n) is 8.87. The number of hydrogen-bond donors (Lipinski definition) is 0.